The van der Waals surface area contributed by atoms with E-state index in [0.717, 1.165) is 56.2 Å². The number of aromatic nitrogens is 5. The van der Waals surface area contributed by atoms with E-state index in [1.165, 1.54) is 12.4 Å². The van der Waals surface area contributed by atoms with Crippen molar-refractivity contribution in [3.63, 3.8) is 0 Å². The van der Waals surface area contributed by atoms with Crippen molar-refractivity contribution in [2.24, 2.45) is 7.05 Å². The standard InChI is InChI=1S/C34H29N7O2/c1-5-32(42)41(4)26-8-6-7-23(18-26)9-10-24-11-14-28-33(38-24)34(36-20-35-28)39-25-12-16-31(22(2)17-25)43-27-13-15-30-29(19-27)37-21-40(30)3/h5-21H,1H2,2-4H3,(H,35,36,39). The van der Waals surface area contributed by atoms with Crippen LogP contribution < -0.4 is 15.0 Å². The third-order valence-corrected chi connectivity index (χ3v) is 7.08. The minimum absolute atomic E-state index is 0.169. The van der Waals surface area contributed by atoms with Gasteiger partial charge >= 0.3 is 0 Å². The van der Waals surface area contributed by atoms with Crippen LogP contribution in [0, 0.1) is 6.92 Å². The number of nitrogens with one attached hydrogen (secondary N) is 1. The Morgan fingerprint density at radius 3 is 2.70 bits per heavy atom. The van der Waals surface area contributed by atoms with E-state index in [-0.39, 0.29) is 5.91 Å². The van der Waals surface area contributed by atoms with Crippen LogP contribution in [0.4, 0.5) is 17.2 Å². The Bertz CT molecular complexity index is 2030. The van der Waals surface area contributed by atoms with Crippen molar-refractivity contribution in [3.05, 3.63) is 115 Å². The fourth-order valence-corrected chi connectivity index (χ4v) is 4.71. The number of rotatable bonds is 8. The first-order valence-corrected chi connectivity index (χ1v) is 13.6. The molecule has 9 nitrogen and oxygen atoms in total. The second-order valence-electron chi connectivity index (χ2n) is 10.1. The number of hydrogen-bond acceptors (Lipinski definition) is 7. The Hall–Kier alpha value is -5.83. The van der Waals surface area contributed by atoms with Gasteiger partial charge in [0, 0.05) is 31.5 Å². The van der Waals surface area contributed by atoms with E-state index in [1.807, 2.05) is 103 Å². The second kappa shape index (κ2) is 11.6. The number of hydrogen-bond donors (Lipinski definition) is 1. The molecule has 0 unspecified atom stereocenters. The van der Waals surface area contributed by atoms with Crippen molar-refractivity contribution in [2.45, 2.75) is 6.92 Å². The molecular formula is C34H29N7O2. The molecule has 0 fully saturated rings. The van der Waals surface area contributed by atoms with Gasteiger partial charge in [-0.15, -0.1) is 0 Å². The molecule has 0 saturated carbocycles. The number of ether oxygens (including phenoxy) is 1. The number of benzene rings is 3. The maximum atomic E-state index is 12.0. The number of pyridine rings is 1. The first-order chi connectivity index (χ1) is 20.9. The minimum atomic E-state index is -0.169. The summed E-state index contributed by atoms with van der Waals surface area (Å²) in [6.45, 7) is 5.56. The molecule has 6 aromatic rings. The molecule has 0 bridgehead atoms. The Labute approximate surface area is 248 Å². The van der Waals surface area contributed by atoms with Gasteiger partial charge in [-0.2, -0.15) is 0 Å². The summed E-state index contributed by atoms with van der Waals surface area (Å²) in [6, 6.07) is 23.3. The van der Waals surface area contributed by atoms with Gasteiger partial charge in [-0.05, 0) is 84.8 Å². The monoisotopic (exact) mass is 567 g/mol. The molecule has 0 aliphatic rings. The lowest BCUT2D eigenvalue weighted by Crippen LogP contribution is -2.23. The average Bonchev–Trinajstić information content (AvgIpc) is 3.40. The molecule has 0 aliphatic heterocycles. The van der Waals surface area contributed by atoms with E-state index in [4.69, 9.17) is 9.72 Å². The van der Waals surface area contributed by atoms with Crippen LogP contribution in [0.15, 0.2) is 98.1 Å². The Balaban J connectivity index is 1.21. The summed E-state index contributed by atoms with van der Waals surface area (Å²) in [5.74, 6) is 1.91. The molecule has 0 atom stereocenters. The molecule has 0 aliphatic carbocycles. The van der Waals surface area contributed by atoms with E-state index >= 15 is 0 Å². The van der Waals surface area contributed by atoms with Crippen LogP contribution in [0.1, 0.15) is 16.8 Å². The van der Waals surface area contributed by atoms with Crippen LogP contribution in [0.2, 0.25) is 0 Å². The molecule has 1 N–H and O–H groups in total. The van der Waals surface area contributed by atoms with Gasteiger partial charge in [0.2, 0.25) is 5.91 Å². The zero-order chi connectivity index (χ0) is 29.9. The molecule has 9 heteroatoms. The van der Waals surface area contributed by atoms with Crippen LogP contribution in [0.3, 0.4) is 0 Å². The molecule has 0 radical (unpaired) electrons. The highest BCUT2D eigenvalue weighted by Crippen LogP contribution is 2.31. The normalized spacial score (nSPS) is 11.2. The third-order valence-electron chi connectivity index (χ3n) is 7.08. The van der Waals surface area contributed by atoms with E-state index in [1.54, 1.807) is 18.3 Å². The number of anilines is 3. The number of likely N-dealkylation sites (N-methyl/N-ethyl adjacent to an activating group) is 1. The quantitative estimate of drug-likeness (QED) is 0.196. The molecule has 0 spiro atoms. The molecule has 3 aromatic carbocycles. The molecule has 0 saturated heterocycles. The molecular weight excluding hydrogens is 538 g/mol. The van der Waals surface area contributed by atoms with Gasteiger partial charge in [0.15, 0.2) is 5.82 Å². The van der Waals surface area contributed by atoms with Gasteiger partial charge in [-0.1, -0.05) is 24.8 Å². The number of aryl methyl sites for hydroxylation is 2. The van der Waals surface area contributed by atoms with Gasteiger partial charge in [0.05, 0.1) is 28.6 Å². The topological polar surface area (TPSA) is 98.1 Å². The molecule has 1 amide bonds. The second-order valence-corrected chi connectivity index (χ2v) is 10.1. The van der Waals surface area contributed by atoms with Gasteiger partial charge in [0.25, 0.3) is 0 Å². The Morgan fingerprint density at radius 1 is 0.977 bits per heavy atom. The summed E-state index contributed by atoms with van der Waals surface area (Å²) in [5, 5.41) is 3.39. The van der Waals surface area contributed by atoms with E-state index in [0.29, 0.717) is 11.3 Å². The average molecular weight is 568 g/mol. The smallest absolute Gasteiger partial charge is 0.250 e. The van der Waals surface area contributed by atoms with Crippen molar-refractivity contribution in [1.29, 1.82) is 0 Å². The van der Waals surface area contributed by atoms with Gasteiger partial charge < -0.3 is 19.5 Å². The van der Waals surface area contributed by atoms with E-state index < -0.39 is 0 Å². The number of amides is 1. The first-order valence-electron chi connectivity index (χ1n) is 13.6. The lowest BCUT2D eigenvalue weighted by molar-refractivity contribution is -0.113. The number of fused-ring (bicyclic) bond motifs is 2. The highest BCUT2D eigenvalue weighted by Gasteiger charge is 2.10. The van der Waals surface area contributed by atoms with Crippen molar-refractivity contribution in [3.8, 4) is 11.5 Å². The lowest BCUT2D eigenvalue weighted by Gasteiger charge is -2.15. The maximum absolute atomic E-state index is 12.0. The number of imidazole rings is 1. The zero-order valence-electron chi connectivity index (χ0n) is 24.0. The third kappa shape index (κ3) is 5.82. The van der Waals surface area contributed by atoms with Crippen molar-refractivity contribution in [1.82, 2.24) is 24.5 Å². The fourth-order valence-electron chi connectivity index (χ4n) is 4.71. The highest BCUT2D eigenvalue weighted by atomic mass is 16.5. The Kier molecular flexibility index (Phi) is 7.36. The van der Waals surface area contributed by atoms with Crippen molar-refractivity contribution >= 4 is 57.3 Å². The minimum Gasteiger partial charge on any atom is -0.457 e. The van der Waals surface area contributed by atoms with Crippen LogP contribution in [-0.2, 0) is 11.8 Å². The van der Waals surface area contributed by atoms with Crippen molar-refractivity contribution < 1.29 is 9.53 Å². The maximum Gasteiger partial charge on any atom is 0.250 e. The summed E-state index contributed by atoms with van der Waals surface area (Å²) in [6.07, 6.45) is 8.48. The zero-order valence-corrected chi connectivity index (χ0v) is 24.0. The molecule has 3 heterocycles. The summed E-state index contributed by atoms with van der Waals surface area (Å²) in [4.78, 5) is 31.6. The van der Waals surface area contributed by atoms with E-state index in [2.05, 4.69) is 26.8 Å². The summed E-state index contributed by atoms with van der Waals surface area (Å²) in [5.41, 5.74) is 7.57. The largest absolute Gasteiger partial charge is 0.457 e. The highest BCUT2D eigenvalue weighted by molar-refractivity contribution is 6.00. The molecule has 3 aromatic heterocycles. The molecule has 212 valence electrons. The number of carbonyl (C=O) groups is 1. The number of nitrogens with zero attached hydrogens (tertiary/aromatic N) is 6. The SMILES string of the molecule is C=CC(=O)N(C)c1cccc(C=Cc2ccc3ncnc(Nc4ccc(Oc5ccc6c(c5)ncn6C)c(C)c4)c3n2)c1. The van der Waals surface area contributed by atoms with Crippen LogP contribution in [0.5, 0.6) is 11.5 Å². The predicted octanol–water partition coefficient (Wildman–Crippen LogP) is 7.08. The van der Waals surface area contributed by atoms with Gasteiger partial charge in [-0.25, -0.2) is 19.9 Å². The van der Waals surface area contributed by atoms with Gasteiger partial charge in [0.1, 0.15) is 23.3 Å². The van der Waals surface area contributed by atoms with Crippen molar-refractivity contribution in [2.75, 3.05) is 17.3 Å². The van der Waals surface area contributed by atoms with Gasteiger partial charge in [-0.3, -0.25) is 4.79 Å². The van der Waals surface area contributed by atoms with Crippen LogP contribution in [0.25, 0.3) is 34.2 Å². The summed E-state index contributed by atoms with van der Waals surface area (Å²) >= 11 is 0. The predicted molar refractivity (Wildman–Crippen MR) is 172 cm³/mol. The fraction of sp³-hybridized carbons (Fsp3) is 0.0882. The Morgan fingerprint density at radius 2 is 1.86 bits per heavy atom. The summed E-state index contributed by atoms with van der Waals surface area (Å²) < 4.78 is 8.15. The first kappa shape index (κ1) is 27.3. The van der Waals surface area contributed by atoms with Crippen LogP contribution >= 0.6 is 0 Å². The molecule has 43 heavy (non-hydrogen) atoms. The van der Waals surface area contributed by atoms with E-state index in [9.17, 15) is 4.79 Å². The van der Waals surface area contributed by atoms with Crippen LogP contribution in [-0.4, -0.2) is 37.5 Å². The summed E-state index contributed by atoms with van der Waals surface area (Å²) in [7, 11) is 3.69. The molecule has 6 rings (SSSR count). The number of carbonyl (C=O) groups excluding carboxylic acids is 1. The lowest BCUT2D eigenvalue weighted by atomic mass is 10.1.